The van der Waals surface area contributed by atoms with E-state index in [2.05, 4.69) is 22.0 Å². The maximum Gasteiger partial charge on any atom is 0.382 e. The van der Waals surface area contributed by atoms with Crippen LogP contribution < -0.4 is 10.5 Å². The number of fused-ring (bicyclic) bond motifs is 1. The molecule has 0 aliphatic carbocycles. The van der Waals surface area contributed by atoms with Gasteiger partial charge in [-0.15, -0.1) is 0 Å². The largest absolute Gasteiger partial charge is 0.382 e. The van der Waals surface area contributed by atoms with Crippen molar-refractivity contribution in [1.29, 1.82) is 0 Å². The van der Waals surface area contributed by atoms with Crippen molar-refractivity contribution in [3.05, 3.63) is 68.9 Å². The number of hydrogen-bond donors (Lipinski definition) is 0. The normalized spacial score (nSPS) is 14.7. The zero-order chi connectivity index (χ0) is 18.1. The van der Waals surface area contributed by atoms with Crippen molar-refractivity contribution in [2.45, 2.75) is 25.8 Å². The number of nitro groups is 1. The topological polar surface area (TPSA) is 85.7 Å². The third-order valence-electron chi connectivity index (χ3n) is 4.78. The number of nitrogens with zero attached hydrogens (tertiary/aromatic N) is 5. The average molecular weight is 353 g/mol. The lowest BCUT2D eigenvalue weighted by atomic mass is 10.1. The molecular weight excluding hydrogens is 334 g/mol. The smallest absolute Gasteiger partial charge is 0.372 e. The van der Waals surface area contributed by atoms with Gasteiger partial charge in [-0.05, 0) is 46.9 Å². The quantitative estimate of drug-likeness (QED) is 0.531. The molecule has 3 heterocycles. The third-order valence-corrected chi connectivity index (χ3v) is 4.78. The molecule has 0 amide bonds. The molecule has 1 aliphatic heterocycles. The second-order valence-corrected chi connectivity index (χ2v) is 6.53. The fourth-order valence-electron chi connectivity index (χ4n) is 3.37. The van der Waals surface area contributed by atoms with Gasteiger partial charge < -0.3 is 19.6 Å². The number of hydrogen-bond acceptors (Lipinski definition) is 5. The molecule has 0 radical (unpaired) electrons. The Morgan fingerprint density at radius 3 is 2.50 bits per heavy atom. The van der Waals surface area contributed by atoms with Gasteiger partial charge >= 0.3 is 17.0 Å². The Balaban J connectivity index is 1.57. The molecule has 8 nitrogen and oxygen atoms in total. The Labute approximate surface area is 149 Å². The van der Waals surface area contributed by atoms with E-state index in [-0.39, 0.29) is 17.0 Å². The lowest BCUT2D eigenvalue weighted by Crippen LogP contribution is -2.29. The van der Waals surface area contributed by atoms with E-state index < -0.39 is 4.92 Å². The van der Waals surface area contributed by atoms with Crippen molar-refractivity contribution < 1.29 is 4.92 Å². The zero-order valence-corrected chi connectivity index (χ0v) is 14.2. The first-order chi connectivity index (χ1) is 12.6. The minimum absolute atomic E-state index is 0.0594. The first kappa shape index (κ1) is 16.3. The molecule has 0 N–H and O–H groups in total. The molecule has 4 rings (SSSR count). The number of rotatable bonds is 4. The summed E-state index contributed by atoms with van der Waals surface area (Å²) in [7, 11) is 0. The summed E-state index contributed by atoms with van der Waals surface area (Å²) >= 11 is 0. The number of benzene rings is 1. The number of aromatic nitrogens is 3. The fourth-order valence-corrected chi connectivity index (χ4v) is 3.37. The first-order valence-corrected chi connectivity index (χ1v) is 8.68. The summed E-state index contributed by atoms with van der Waals surface area (Å²) in [6.07, 6.45) is 8.24. The van der Waals surface area contributed by atoms with Crippen LogP contribution in [0.3, 0.4) is 0 Å². The van der Waals surface area contributed by atoms with Gasteiger partial charge in [0.05, 0.1) is 6.54 Å². The van der Waals surface area contributed by atoms with Gasteiger partial charge in [-0.2, -0.15) is 0 Å². The summed E-state index contributed by atoms with van der Waals surface area (Å²) in [5.41, 5.74) is 1.92. The van der Waals surface area contributed by atoms with E-state index >= 15 is 0 Å². The lowest BCUT2D eigenvalue weighted by molar-refractivity contribution is -0.389. The molecule has 1 saturated heterocycles. The highest BCUT2D eigenvalue weighted by Gasteiger charge is 2.17. The summed E-state index contributed by atoms with van der Waals surface area (Å²) < 4.78 is 2.90. The molecule has 2 aromatic heterocycles. The van der Waals surface area contributed by atoms with Gasteiger partial charge in [-0.25, -0.2) is 0 Å². The van der Waals surface area contributed by atoms with Crippen LogP contribution in [-0.2, 0) is 6.54 Å². The predicted molar refractivity (Wildman–Crippen MR) is 97.7 cm³/mol. The van der Waals surface area contributed by atoms with E-state index in [1.165, 1.54) is 40.1 Å². The van der Waals surface area contributed by atoms with Crippen molar-refractivity contribution in [1.82, 2.24) is 14.0 Å². The van der Waals surface area contributed by atoms with Crippen LogP contribution in [0.5, 0.6) is 0 Å². The van der Waals surface area contributed by atoms with Crippen molar-refractivity contribution in [2.24, 2.45) is 0 Å². The van der Waals surface area contributed by atoms with Gasteiger partial charge in [-0.3, -0.25) is 9.20 Å². The van der Waals surface area contributed by atoms with Crippen LogP contribution in [-0.4, -0.2) is 32.0 Å². The Morgan fingerprint density at radius 2 is 1.81 bits per heavy atom. The Hall–Kier alpha value is -3.16. The van der Waals surface area contributed by atoms with Gasteiger partial charge in [0.25, 0.3) is 0 Å². The van der Waals surface area contributed by atoms with E-state index in [1.807, 2.05) is 12.1 Å². The van der Waals surface area contributed by atoms with Gasteiger partial charge in [0, 0.05) is 31.2 Å². The summed E-state index contributed by atoms with van der Waals surface area (Å²) in [5.74, 6) is -0.328. The van der Waals surface area contributed by atoms with Gasteiger partial charge in [0.1, 0.15) is 6.20 Å². The maximum absolute atomic E-state index is 12.5. The monoisotopic (exact) mass is 353 g/mol. The van der Waals surface area contributed by atoms with Crippen molar-refractivity contribution in [3.63, 3.8) is 0 Å². The molecular formula is C18H19N5O3. The molecule has 0 atom stereocenters. The van der Waals surface area contributed by atoms with Gasteiger partial charge in [0.2, 0.25) is 0 Å². The maximum atomic E-state index is 12.5. The van der Waals surface area contributed by atoms with Crippen LogP contribution in [0.15, 0.2) is 47.7 Å². The van der Waals surface area contributed by atoms with Crippen LogP contribution in [0.25, 0.3) is 5.65 Å². The second-order valence-electron chi connectivity index (χ2n) is 6.53. The molecule has 1 fully saturated rings. The summed E-state index contributed by atoms with van der Waals surface area (Å²) in [6.45, 7) is 2.58. The number of anilines is 1. The molecule has 0 unspecified atom stereocenters. The molecule has 3 aromatic rings. The molecule has 1 aliphatic rings. The van der Waals surface area contributed by atoms with Crippen LogP contribution in [0.2, 0.25) is 0 Å². The minimum Gasteiger partial charge on any atom is -0.372 e. The molecule has 8 heteroatoms. The van der Waals surface area contributed by atoms with Gasteiger partial charge in [0.15, 0.2) is 0 Å². The summed E-state index contributed by atoms with van der Waals surface area (Å²) in [4.78, 5) is 29.0. The third kappa shape index (κ3) is 3.05. The summed E-state index contributed by atoms with van der Waals surface area (Å²) in [5, 5.41) is 10.8. The average Bonchev–Trinajstić information content (AvgIpc) is 3.11. The van der Waals surface area contributed by atoms with Crippen LogP contribution in [0.1, 0.15) is 24.8 Å². The molecule has 1 aromatic carbocycles. The molecule has 0 spiro atoms. The molecule has 26 heavy (non-hydrogen) atoms. The predicted octanol–water partition coefficient (Wildman–Crippen LogP) is 2.44. The second kappa shape index (κ2) is 6.62. The fraction of sp³-hybridized carbons (Fsp3) is 0.333. The first-order valence-electron chi connectivity index (χ1n) is 8.68. The van der Waals surface area contributed by atoms with Crippen LogP contribution in [0.4, 0.5) is 11.5 Å². The number of piperidine rings is 1. The zero-order valence-electron chi connectivity index (χ0n) is 14.2. The van der Waals surface area contributed by atoms with Crippen LogP contribution in [0, 0.1) is 10.1 Å². The van der Waals surface area contributed by atoms with Crippen LogP contribution >= 0.6 is 0 Å². The highest BCUT2D eigenvalue weighted by molar-refractivity contribution is 5.48. The number of imidazole rings is 1. The van der Waals surface area contributed by atoms with E-state index in [0.717, 1.165) is 18.7 Å². The Bertz CT molecular complexity index is 1000. The van der Waals surface area contributed by atoms with Crippen molar-refractivity contribution in [2.75, 3.05) is 18.0 Å². The Kier molecular flexibility index (Phi) is 4.16. The Morgan fingerprint density at radius 1 is 1.08 bits per heavy atom. The highest BCUT2D eigenvalue weighted by atomic mass is 16.6. The van der Waals surface area contributed by atoms with Gasteiger partial charge in [-0.1, -0.05) is 12.1 Å². The molecule has 0 saturated carbocycles. The van der Waals surface area contributed by atoms with E-state index in [0.29, 0.717) is 6.54 Å². The molecule has 134 valence electrons. The lowest BCUT2D eigenvalue weighted by Gasteiger charge is -2.28. The standard InChI is InChI=1S/C18H19N5O3/c24-18-17-19-16(23(25)26)13-21(17)10-11-22(18)12-14-4-6-15(7-5-14)20-8-2-1-3-9-20/h4-7,10-11,13H,1-3,8-9,12H2. The van der Waals surface area contributed by atoms with E-state index in [4.69, 9.17) is 0 Å². The van der Waals surface area contributed by atoms with E-state index in [9.17, 15) is 14.9 Å². The minimum atomic E-state index is -0.601. The summed E-state index contributed by atoms with van der Waals surface area (Å²) in [6, 6.07) is 8.22. The van der Waals surface area contributed by atoms with E-state index in [1.54, 1.807) is 12.4 Å². The van der Waals surface area contributed by atoms with Crippen molar-refractivity contribution in [3.8, 4) is 0 Å². The SMILES string of the molecule is O=c1c2nc([N+](=O)[O-])cn2ccn1Cc1ccc(N2CCCCC2)cc1. The molecule has 0 bridgehead atoms. The van der Waals surface area contributed by atoms with Crippen molar-refractivity contribution >= 4 is 17.2 Å². The highest BCUT2D eigenvalue weighted by Crippen LogP contribution is 2.20.